The molecule has 1 atom stereocenters. The van der Waals surface area contributed by atoms with Crippen molar-refractivity contribution in [3.63, 3.8) is 0 Å². The number of nitrogens with two attached hydrogens (primary N) is 1. The van der Waals surface area contributed by atoms with Crippen LogP contribution in [0.2, 0.25) is 0 Å². The van der Waals surface area contributed by atoms with Gasteiger partial charge in [-0.1, -0.05) is 41.5 Å². The van der Waals surface area contributed by atoms with Crippen molar-refractivity contribution in [3.05, 3.63) is 0 Å². The summed E-state index contributed by atoms with van der Waals surface area (Å²) >= 11 is 0. The maximum absolute atomic E-state index is 6.16. The first-order chi connectivity index (χ1) is 6.27. The van der Waals surface area contributed by atoms with Crippen LogP contribution in [0.5, 0.6) is 0 Å². The highest BCUT2D eigenvalue weighted by Crippen LogP contribution is 2.18. The van der Waals surface area contributed by atoms with Gasteiger partial charge in [0.2, 0.25) is 0 Å². The summed E-state index contributed by atoms with van der Waals surface area (Å²) in [7, 11) is 0. The molecule has 86 valence electrons. The minimum Gasteiger partial charge on any atom is -0.326 e. The van der Waals surface area contributed by atoms with Gasteiger partial charge in [-0.15, -0.1) is 0 Å². The van der Waals surface area contributed by atoms with E-state index in [1.54, 1.807) is 0 Å². The Morgan fingerprint density at radius 3 is 1.93 bits per heavy atom. The third kappa shape index (κ3) is 5.61. The maximum Gasteiger partial charge on any atom is 0.0217 e. The Bertz CT molecular complexity index is 147. The standard InChI is InChI=1S/C12H28N2/c1-7-14(8-10(2)3)9-11(13)12(4,5)6/h10-11H,7-9,13H2,1-6H3. The van der Waals surface area contributed by atoms with Crippen LogP contribution in [-0.4, -0.2) is 30.6 Å². The van der Waals surface area contributed by atoms with Gasteiger partial charge in [0, 0.05) is 19.1 Å². The quantitative estimate of drug-likeness (QED) is 0.738. The van der Waals surface area contributed by atoms with E-state index in [2.05, 4.69) is 46.4 Å². The van der Waals surface area contributed by atoms with Crippen molar-refractivity contribution in [2.24, 2.45) is 17.1 Å². The minimum absolute atomic E-state index is 0.213. The highest BCUT2D eigenvalue weighted by molar-refractivity contribution is 4.80. The van der Waals surface area contributed by atoms with Crippen molar-refractivity contribution in [2.45, 2.75) is 47.6 Å². The highest BCUT2D eigenvalue weighted by Gasteiger charge is 2.22. The van der Waals surface area contributed by atoms with E-state index in [1.165, 1.54) is 0 Å². The first-order valence-electron chi connectivity index (χ1n) is 5.75. The first kappa shape index (κ1) is 13.9. The molecule has 0 aliphatic rings. The number of hydrogen-bond donors (Lipinski definition) is 1. The predicted octanol–water partition coefficient (Wildman–Crippen LogP) is 2.34. The molecule has 0 amide bonds. The molecule has 0 aromatic rings. The summed E-state index contributed by atoms with van der Waals surface area (Å²) < 4.78 is 0. The van der Waals surface area contributed by atoms with E-state index >= 15 is 0 Å². The summed E-state index contributed by atoms with van der Waals surface area (Å²) in [5, 5.41) is 0. The molecular formula is C12H28N2. The van der Waals surface area contributed by atoms with Gasteiger partial charge in [-0.2, -0.15) is 0 Å². The zero-order valence-corrected chi connectivity index (χ0v) is 10.8. The molecule has 1 unspecified atom stereocenters. The molecule has 0 saturated carbocycles. The molecule has 0 aromatic heterocycles. The van der Waals surface area contributed by atoms with Crippen LogP contribution in [0.3, 0.4) is 0 Å². The second-order valence-corrected chi connectivity index (χ2v) is 5.72. The lowest BCUT2D eigenvalue weighted by Crippen LogP contribution is -2.46. The maximum atomic E-state index is 6.16. The van der Waals surface area contributed by atoms with E-state index in [4.69, 9.17) is 5.73 Å². The van der Waals surface area contributed by atoms with Crippen LogP contribution in [0.1, 0.15) is 41.5 Å². The average molecular weight is 200 g/mol. The van der Waals surface area contributed by atoms with Crippen LogP contribution >= 0.6 is 0 Å². The van der Waals surface area contributed by atoms with Crippen LogP contribution in [0.25, 0.3) is 0 Å². The van der Waals surface area contributed by atoms with Crippen molar-refractivity contribution in [2.75, 3.05) is 19.6 Å². The number of rotatable bonds is 5. The topological polar surface area (TPSA) is 29.3 Å². The highest BCUT2D eigenvalue weighted by atomic mass is 15.1. The molecule has 0 fully saturated rings. The van der Waals surface area contributed by atoms with Crippen LogP contribution in [-0.2, 0) is 0 Å². The normalized spacial score (nSPS) is 15.2. The van der Waals surface area contributed by atoms with Gasteiger partial charge >= 0.3 is 0 Å². The summed E-state index contributed by atoms with van der Waals surface area (Å²) in [6.45, 7) is 16.6. The van der Waals surface area contributed by atoms with E-state index in [-0.39, 0.29) is 11.5 Å². The molecule has 0 bridgehead atoms. The fraction of sp³-hybridized carbons (Fsp3) is 1.00. The molecule has 2 nitrogen and oxygen atoms in total. The zero-order valence-electron chi connectivity index (χ0n) is 10.8. The lowest BCUT2D eigenvalue weighted by molar-refractivity contribution is 0.190. The Kier molecular flexibility index (Phi) is 5.68. The molecule has 0 aromatic carbocycles. The Morgan fingerprint density at radius 2 is 1.64 bits per heavy atom. The fourth-order valence-electron chi connectivity index (χ4n) is 1.40. The Balaban J connectivity index is 4.05. The summed E-state index contributed by atoms with van der Waals surface area (Å²) in [6, 6.07) is 0.265. The Labute approximate surface area is 89.9 Å². The number of hydrogen-bond acceptors (Lipinski definition) is 2. The second kappa shape index (κ2) is 5.72. The summed E-state index contributed by atoms with van der Waals surface area (Å²) in [5.41, 5.74) is 6.37. The van der Waals surface area contributed by atoms with E-state index in [0.717, 1.165) is 25.6 Å². The minimum atomic E-state index is 0.213. The van der Waals surface area contributed by atoms with Crippen molar-refractivity contribution >= 4 is 0 Å². The Hall–Kier alpha value is -0.0800. The Morgan fingerprint density at radius 1 is 1.14 bits per heavy atom. The smallest absolute Gasteiger partial charge is 0.0217 e. The molecule has 0 aliphatic carbocycles. The predicted molar refractivity (Wildman–Crippen MR) is 64.4 cm³/mol. The summed E-state index contributed by atoms with van der Waals surface area (Å²) in [5.74, 6) is 0.724. The van der Waals surface area contributed by atoms with E-state index in [9.17, 15) is 0 Å². The molecule has 0 spiro atoms. The van der Waals surface area contributed by atoms with Crippen molar-refractivity contribution < 1.29 is 0 Å². The molecule has 14 heavy (non-hydrogen) atoms. The third-order valence-electron chi connectivity index (χ3n) is 2.64. The molecule has 0 heterocycles. The molecule has 0 aliphatic heterocycles. The van der Waals surface area contributed by atoms with Crippen molar-refractivity contribution in [1.82, 2.24) is 4.90 Å². The second-order valence-electron chi connectivity index (χ2n) is 5.72. The third-order valence-corrected chi connectivity index (χ3v) is 2.64. The summed E-state index contributed by atoms with van der Waals surface area (Å²) in [4.78, 5) is 2.45. The van der Waals surface area contributed by atoms with Gasteiger partial charge in [0.25, 0.3) is 0 Å². The van der Waals surface area contributed by atoms with Gasteiger partial charge in [0.15, 0.2) is 0 Å². The fourth-order valence-corrected chi connectivity index (χ4v) is 1.40. The van der Waals surface area contributed by atoms with Gasteiger partial charge in [-0.25, -0.2) is 0 Å². The molecular weight excluding hydrogens is 172 g/mol. The van der Waals surface area contributed by atoms with Crippen LogP contribution in [0.15, 0.2) is 0 Å². The molecule has 0 rings (SSSR count). The van der Waals surface area contributed by atoms with Crippen molar-refractivity contribution in [1.29, 1.82) is 0 Å². The zero-order chi connectivity index (χ0) is 11.4. The van der Waals surface area contributed by atoms with Crippen molar-refractivity contribution in [3.8, 4) is 0 Å². The van der Waals surface area contributed by atoms with Gasteiger partial charge < -0.3 is 10.6 Å². The molecule has 2 heteroatoms. The van der Waals surface area contributed by atoms with Gasteiger partial charge in [-0.3, -0.25) is 0 Å². The largest absolute Gasteiger partial charge is 0.326 e. The van der Waals surface area contributed by atoms with E-state index < -0.39 is 0 Å². The lowest BCUT2D eigenvalue weighted by atomic mass is 9.87. The van der Waals surface area contributed by atoms with Crippen LogP contribution < -0.4 is 5.73 Å². The van der Waals surface area contributed by atoms with Gasteiger partial charge in [0.05, 0.1) is 0 Å². The van der Waals surface area contributed by atoms with Gasteiger partial charge in [-0.05, 0) is 17.9 Å². The molecule has 0 radical (unpaired) electrons. The lowest BCUT2D eigenvalue weighted by Gasteiger charge is -2.33. The van der Waals surface area contributed by atoms with E-state index in [0.29, 0.717) is 0 Å². The molecule has 0 saturated heterocycles. The van der Waals surface area contributed by atoms with Crippen LogP contribution in [0.4, 0.5) is 0 Å². The van der Waals surface area contributed by atoms with E-state index in [1.807, 2.05) is 0 Å². The summed E-state index contributed by atoms with van der Waals surface area (Å²) in [6.07, 6.45) is 0. The van der Waals surface area contributed by atoms with Gasteiger partial charge in [0.1, 0.15) is 0 Å². The SMILES string of the molecule is CCN(CC(C)C)CC(N)C(C)(C)C. The average Bonchev–Trinajstić information content (AvgIpc) is 2.00. The molecule has 2 N–H and O–H groups in total. The monoisotopic (exact) mass is 200 g/mol. The number of nitrogens with zero attached hydrogens (tertiary/aromatic N) is 1. The number of likely N-dealkylation sites (N-methyl/N-ethyl adjacent to an activating group) is 1. The van der Waals surface area contributed by atoms with Crippen LogP contribution in [0, 0.1) is 11.3 Å². The first-order valence-corrected chi connectivity index (χ1v) is 5.75.